The molecule has 0 radical (unpaired) electrons. The van der Waals surface area contributed by atoms with Gasteiger partial charge in [-0.1, -0.05) is 121 Å². The normalized spacial score (nSPS) is 11.9. The molecule has 4 aromatic heterocycles. The fourth-order valence-electron chi connectivity index (χ4n) is 8.41. The second kappa shape index (κ2) is 12.3. The van der Waals surface area contributed by atoms with E-state index in [-0.39, 0.29) is 0 Å². The molecule has 6 nitrogen and oxygen atoms in total. The molecule has 0 saturated heterocycles. The lowest BCUT2D eigenvalue weighted by atomic mass is 10.0. The van der Waals surface area contributed by atoms with E-state index in [1.807, 2.05) is 54.6 Å². The number of hydrogen-bond acceptors (Lipinski definition) is 5. The van der Waals surface area contributed by atoms with Gasteiger partial charge in [0.05, 0.1) is 11.0 Å². The lowest BCUT2D eigenvalue weighted by molar-refractivity contribution is 0.668. The maximum atomic E-state index is 6.54. The maximum Gasteiger partial charge on any atom is 0.164 e. The van der Waals surface area contributed by atoms with Crippen molar-refractivity contribution in [3.63, 3.8) is 0 Å². The Morgan fingerprint density at radius 1 is 0.333 bits per heavy atom. The highest BCUT2D eigenvalue weighted by atomic mass is 16.3. The number of nitrogens with zero attached hydrogens (tertiary/aromatic N) is 4. The Bertz CT molecular complexity index is 3470. The molecule has 0 saturated carbocycles. The highest BCUT2D eigenvalue weighted by Gasteiger charge is 2.20. The predicted molar refractivity (Wildman–Crippen MR) is 230 cm³/mol. The first-order valence-electron chi connectivity index (χ1n) is 19.0. The van der Waals surface area contributed by atoms with Gasteiger partial charge in [-0.05, 0) is 71.8 Å². The van der Waals surface area contributed by atoms with Gasteiger partial charge in [0.15, 0.2) is 17.5 Å². The topological polar surface area (TPSA) is 69.9 Å². The van der Waals surface area contributed by atoms with E-state index in [0.29, 0.717) is 17.5 Å². The van der Waals surface area contributed by atoms with E-state index >= 15 is 0 Å². The summed E-state index contributed by atoms with van der Waals surface area (Å²) in [6.07, 6.45) is 0. The molecule has 57 heavy (non-hydrogen) atoms. The monoisotopic (exact) mass is 730 g/mol. The molecular weight excluding hydrogens is 701 g/mol. The number of para-hydroxylation sites is 2. The highest BCUT2D eigenvalue weighted by molar-refractivity contribution is 6.13. The minimum absolute atomic E-state index is 0.559. The first-order chi connectivity index (χ1) is 28.2. The zero-order valence-electron chi connectivity index (χ0n) is 30.4. The molecule has 0 N–H and O–H groups in total. The van der Waals surface area contributed by atoms with Crippen LogP contribution in [-0.4, -0.2) is 19.5 Å². The molecule has 266 valence electrons. The molecule has 12 aromatic rings. The SMILES string of the molecule is c1ccc(-c2ccc3c(c2)oc2cccc(-c4nc(-c5ccccc5)nc(-c5ccc6c(c5)oc5ccc(-n7c8ccccc8c8ccccc87)cc56)n4)c23)cc1. The number of rotatable bonds is 5. The molecule has 4 heterocycles. The van der Waals surface area contributed by atoms with Crippen LogP contribution in [0, 0.1) is 0 Å². The summed E-state index contributed by atoms with van der Waals surface area (Å²) in [4.78, 5) is 15.3. The van der Waals surface area contributed by atoms with E-state index in [1.54, 1.807) is 0 Å². The Morgan fingerprint density at radius 3 is 1.70 bits per heavy atom. The third-order valence-electron chi connectivity index (χ3n) is 11.1. The first-order valence-corrected chi connectivity index (χ1v) is 19.0. The number of furan rings is 2. The zero-order chi connectivity index (χ0) is 37.5. The molecule has 0 aliphatic heterocycles. The van der Waals surface area contributed by atoms with Gasteiger partial charge < -0.3 is 13.4 Å². The summed E-state index contributed by atoms with van der Waals surface area (Å²) in [6.45, 7) is 0. The second-order valence-electron chi connectivity index (χ2n) is 14.4. The van der Waals surface area contributed by atoms with Crippen molar-refractivity contribution in [3.05, 3.63) is 182 Å². The Balaban J connectivity index is 1.01. The first kappa shape index (κ1) is 31.5. The summed E-state index contributed by atoms with van der Waals surface area (Å²) in [5, 5.41) is 6.51. The molecule has 0 atom stereocenters. The van der Waals surface area contributed by atoms with Gasteiger partial charge >= 0.3 is 0 Å². The minimum atomic E-state index is 0.559. The summed E-state index contributed by atoms with van der Waals surface area (Å²) in [7, 11) is 0. The molecule has 0 aliphatic carbocycles. The van der Waals surface area contributed by atoms with Crippen LogP contribution in [0.5, 0.6) is 0 Å². The molecule has 8 aromatic carbocycles. The van der Waals surface area contributed by atoms with Crippen LogP contribution in [0.2, 0.25) is 0 Å². The average molecular weight is 731 g/mol. The van der Waals surface area contributed by atoms with E-state index < -0.39 is 0 Å². The third kappa shape index (κ3) is 5.01. The fraction of sp³-hybridized carbons (Fsp3) is 0. The fourth-order valence-corrected chi connectivity index (χ4v) is 8.41. The molecule has 0 amide bonds. The summed E-state index contributed by atoms with van der Waals surface area (Å²) in [6, 6.07) is 62.7. The van der Waals surface area contributed by atoms with Crippen LogP contribution >= 0.6 is 0 Å². The summed E-state index contributed by atoms with van der Waals surface area (Å²) >= 11 is 0. The van der Waals surface area contributed by atoms with Gasteiger partial charge in [-0.3, -0.25) is 0 Å². The quantitative estimate of drug-likeness (QED) is 0.176. The van der Waals surface area contributed by atoms with Crippen molar-refractivity contribution < 1.29 is 8.83 Å². The second-order valence-corrected chi connectivity index (χ2v) is 14.4. The molecule has 0 unspecified atom stereocenters. The predicted octanol–water partition coefficient (Wildman–Crippen LogP) is 13.4. The van der Waals surface area contributed by atoms with Crippen molar-refractivity contribution in [1.29, 1.82) is 0 Å². The Kier molecular flexibility index (Phi) is 6.83. The van der Waals surface area contributed by atoms with Gasteiger partial charge in [0, 0.05) is 54.7 Å². The number of aromatic nitrogens is 4. The van der Waals surface area contributed by atoms with Gasteiger partial charge in [0.2, 0.25) is 0 Å². The van der Waals surface area contributed by atoms with Gasteiger partial charge in [0.25, 0.3) is 0 Å². The van der Waals surface area contributed by atoms with Crippen LogP contribution in [0.15, 0.2) is 191 Å². The summed E-state index contributed by atoms with van der Waals surface area (Å²) < 4.78 is 15.3. The van der Waals surface area contributed by atoms with E-state index in [1.165, 1.54) is 21.8 Å². The zero-order valence-corrected chi connectivity index (χ0v) is 30.4. The number of benzene rings is 8. The van der Waals surface area contributed by atoms with Crippen molar-refractivity contribution in [2.75, 3.05) is 0 Å². The van der Waals surface area contributed by atoms with Crippen LogP contribution in [0.1, 0.15) is 0 Å². The molecule has 0 spiro atoms. The van der Waals surface area contributed by atoms with Crippen LogP contribution in [0.4, 0.5) is 0 Å². The Labute approximate surface area is 325 Å². The van der Waals surface area contributed by atoms with Crippen LogP contribution in [0.25, 0.3) is 117 Å². The smallest absolute Gasteiger partial charge is 0.164 e. The van der Waals surface area contributed by atoms with Gasteiger partial charge in [-0.15, -0.1) is 0 Å². The van der Waals surface area contributed by atoms with Crippen molar-refractivity contribution in [1.82, 2.24) is 19.5 Å². The van der Waals surface area contributed by atoms with Gasteiger partial charge in [-0.2, -0.15) is 0 Å². The lowest BCUT2D eigenvalue weighted by Gasteiger charge is -2.09. The van der Waals surface area contributed by atoms with Crippen molar-refractivity contribution >= 4 is 65.7 Å². The van der Waals surface area contributed by atoms with Crippen molar-refractivity contribution in [2.24, 2.45) is 0 Å². The van der Waals surface area contributed by atoms with E-state index in [9.17, 15) is 0 Å². The third-order valence-corrected chi connectivity index (χ3v) is 11.1. The molecule has 0 aliphatic rings. The molecule has 0 fully saturated rings. The molecule has 6 heteroatoms. The maximum absolute atomic E-state index is 6.54. The summed E-state index contributed by atoms with van der Waals surface area (Å²) in [5.74, 6) is 1.72. The standard InChI is InChI=1S/C51H30N4O2/c1-3-12-31(13-4-1)33-22-26-39-47(28-33)57-45-21-11-18-40(48(39)45)51-53-49(32-14-5-2-6-15-32)52-50(54-51)34-23-25-38-41-30-35(24-27-44(41)56-46(38)29-34)55-42-19-9-7-16-36(42)37-17-8-10-20-43(37)55/h1-30H. The molecule has 0 bridgehead atoms. The lowest BCUT2D eigenvalue weighted by Crippen LogP contribution is -2.00. The van der Waals surface area contributed by atoms with E-state index in [4.69, 9.17) is 23.8 Å². The Morgan fingerprint density at radius 2 is 0.930 bits per heavy atom. The summed E-state index contributed by atoms with van der Waals surface area (Å²) in [5.41, 5.74) is 11.5. The van der Waals surface area contributed by atoms with Crippen molar-refractivity contribution in [3.8, 4) is 51.0 Å². The van der Waals surface area contributed by atoms with E-state index in [0.717, 1.165) is 77.4 Å². The van der Waals surface area contributed by atoms with Crippen LogP contribution in [0.3, 0.4) is 0 Å². The van der Waals surface area contributed by atoms with Crippen LogP contribution < -0.4 is 0 Å². The molecular formula is C51H30N4O2. The highest BCUT2D eigenvalue weighted by Crippen LogP contribution is 2.40. The average Bonchev–Trinajstić information content (AvgIpc) is 3.95. The number of fused-ring (bicyclic) bond motifs is 9. The largest absolute Gasteiger partial charge is 0.456 e. The van der Waals surface area contributed by atoms with Crippen molar-refractivity contribution in [2.45, 2.75) is 0 Å². The van der Waals surface area contributed by atoms with Gasteiger partial charge in [0.1, 0.15) is 22.3 Å². The Hall–Kier alpha value is -7.83. The molecule has 12 rings (SSSR count). The van der Waals surface area contributed by atoms with E-state index in [2.05, 4.69) is 132 Å². The number of hydrogen-bond donors (Lipinski definition) is 0. The van der Waals surface area contributed by atoms with Gasteiger partial charge in [-0.25, -0.2) is 15.0 Å². The minimum Gasteiger partial charge on any atom is -0.456 e. The van der Waals surface area contributed by atoms with Crippen LogP contribution in [-0.2, 0) is 0 Å².